The number of aliphatic hydroxyl groups excluding tert-OH is 1. The third-order valence-corrected chi connectivity index (χ3v) is 2.70. The lowest BCUT2D eigenvalue weighted by Gasteiger charge is -2.15. The van der Waals surface area contributed by atoms with Crippen molar-refractivity contribution < 1.29 is 5.11 Å². The minimum absolute atomic E-state index is 0.127. The molecule has 0 aliphatic heterocycles. The first kappa shape index (κ1) is 8.79. The van der Waals surface area contributed by atoms with Crippen LogP contribution in [0.4, 0.5) is 0 Å². The van der Waals surface area contributed by atoms with Crippen LogP contribution in [-0.4, -0.2) is 11.2 Å². The molecule has 0 aromatic carbocycles. The Balaban J connectivity index is 2.42. The predicted molar refractivity (Wildman–Crippen MR) is 47.4 cm³/mol. The summed E-state index contributed by atoms with van der Waals surface area (Å²) in [5, 5.41) is 9.43. The first-order valence-electron chi connectivity index (χ1n) is 4.38. The van der Waals surface area contributed by atoms with Crippen molar-refractivity contribution in [2.45, 2.75) is 46.1 Å². The van der Waals surface area contributed by atoms with Crippen molar-refractivity contribution in [1.29, 1.82) is 0 Å². The monoisotopic (exact) mass is 154 g/mol. The molecule has 1 aliphatic rings. The summed E-state index contributed by atoms with van der Waals surface area (Å²) in [6.07, 6.45) is 5.58. The highest BCUT2D eigenvalue weighted by molar-refractivity contribution is 5.05. The summed E-state index contributed by atoms with van der Waals surface area (Å²) in [6.45, 7) is 6.13. The number of rotatable bonds is 3. The lowest BCUT2D eigenvalue weighted by molar-refractivity contribution is 0.112. The van der Waals surface area contributed by atoms with E-state index >= 15 is 0 Å². The van der Waals surface area contributed by atoms with E-state index in [1.54, 1.807) is 0 Å². The summed E-state index contributed by atoms with van der Waals surface area (Å²) in [7, 11) is 0. The standard InChI is InChI=1S/C10H18O/c1-8(2)4-5-10(6-7-10)9(3)11/h4,9,11H,5-7H2,1-3H3. The fourth-order valence-electron chi connectivity index (χ4n) is 1.36. The van der Waals surface area contributed by atoms with Crippen LogP contribution in [0.25, 0.3) is 0 Å². The van der Waals surface area contributed by atoms with Crippen molar-refractivity contribution in [2.24, 2.45) is 5.41 Å². The molecule has 0 spiro atoms. The summed E-state index contributed by atoms with van der Waals surface area (Å²) in [5.41, 5.74) is 1.62. The normalized spacial score (nSPS) is 22.5. The van der Waals surface area contributed by atoms with Crippen molar-refractivity contribution in [3.8, 4) is 0 Å². The van der Waals surface area contributed by atoms with E-state index in [1.807, 2.05) is 6.92 Å². The van der Waals surface area contributed by atoms with Crippen LogP contribution in [-0.2, 0) is 0 Å². The van der Waals surface area contributed by atoms with Crippen LogP contribution < -0.4 is 0 Å². The van der Waals surface area contributed by atoms with Gasteiger partial charge < -0.3 is 5.11 Å². The molecule has 0 aromatic heterocycles. The first-order chi connectivity index (χ1) is 5.07. The molecule has 1 saturated carbocycles. The summed E-state index contributed by atoms with van der Waals surface area (Å²) >= 11 is 0. The Morgan fingerprint density at radius 2 is 2.09 bits per heavy atom. The molecule has 1 aliphatic carbocycles. The van der Waals surface area contributed by atoms with Crippen LogP contribution in [0.5, 0.6) is 0 Å². The molecule has 1 atom stereocenters. The Morgan fingerprint density at radius 3 is 2.36 bits per heavy atom. The van der Waals surface area contributed by atoms with Crippen molar-refractivity contribution >= 4 is 0 Å². The zero-order chi connectivity index (χ0) is 8.48. The Labute approximate surface area is 69.1 Å². The Morgan fingerprint density at radius 1 is 1.55 bits per heavy atom. The van der Waals surface area contributed by atoms with Crippen LogP contribution in [0.15, 0.2) is 11.6 Å². The zero-order valence-electron chi connectivity index (χ0n) is 7.72. The van der Waals surface area contributed by atoms with Gasteiger partial charge >= 0.3 is 0 Å². The molecular weight excluding hydrogens is 136 g/mol. The van der Waals surface area contributed by atoms with E-state index in [0.29, 0.717) is 0 Å². The van der Waals surface area contributed by atoms with Gasteiger partial charge in [-0.3, -0.25) is 0 Å². The first-order valence-corrected chi connectivity index (χ1v) is 4.38. The van der Waals surface area contributed by atoms with Crippen LogP contribution in [0.3, 0.4) is 0 Å². The van der Waals surface area contributed by atoms with Gasteiger partial charge in [-0.1, -0.05) is 11.6 Å². The minimum Gasteiger partial charge on any atom is -0.393 e. The summed E-state index contributed by atoms with van der Waals surface area (Å²) in [5.74, 6) is 0. The molecule has 11 heavy (non-hydrogen) atoms. The van der Waals surface area contributed by atoms with E-state index < -0.39 is 0 Å². The minimum atomic E-state index is -0.127. The molecule has 0 aromatic rings. The van der Waals surface area contributed by atoms with Gasteiger partial charge in [-0.2, -0.15) is 0 Å². The van der Waals surface area contributed by atoms with Crippen LogP contribution in [0, 0.1) is 5.41 Å². The zero-order valence-corrected chi connectivity index (χ0v) is 7.72. The smallest absolute Gasteiger partial charge is 0.0571 e. The third kappa shape index (κ3) is 2.06. The predicted octanol–water partition coefficient (Wildman–Crippen LogP) is 2.50. The molecule has 0 radical (unpaired) electrons. The van der Waals surface area contributed by atoms with Gasteiger partial charge in [0.1, 0.15) is 0 Å². The molecule has 1 unspecified atom stereocenters. The van der Waals surface area contributed by atoms with E-state index in [4.69, 9.17) is 0 Å². The van der Waals surface area contributed by atoms with Crippen molar-refractivity contribution in [1.82, 2.24) is 0 Å². The molecule has 1 heteroatoms. The lowest BCUT2D eigenvalue weighted by atomic mass is 9.95. The largest absolute Gasteiger partial charge is 0.393 e. The molecule has 0 saturated heterocycles. The number of hydrogen-bond acceptors (Lipinski definition) is 1. The van der Waals surface area contributed by atoms with Crippen molar-refractivity contribution in [2.75, 3.05) is 0 Å². The molecule has 1 fully saturated rings. The SMILES string of the molecule is CC(C)=CCC1(C(C)O)CC1. The Hall–Kier alpha value is -0.300. The highest BCUT2D eigenvalue weighted by Crippen LogP contribution is 2.52. The topological polar surface area (TPSA) is 20.2 Å². The molecule has 64 valence electrons. The number of hydrogen-bond donors (Lipinski definition) is 1. The second-order valence-electron chi connectivity index (χ2n) is 4.02. The number of aliphatic hydroxyl groups is 1. The van der Waals surface area contributed by atoms with Crippen LogP contribution in [0.2, 0.25) is 0 Å². The van der Waals surface area contributed by atoms with Gasteiger partial charge in [0.15, 0.2) is 0 Å². The average molecular weight is 154 g/mol. The second-order valence-corrected chi connectivity index (χ2v) is 4.02. The molecular formula is C10H18O. The fraction of sp³-hybridized carbons (Fsp3) is 0.800. The van der Waals surface area contributed by atoms with E-state index in [1.165, 1.54) is 18.4 Å². The van der Waals surface area contributed by atoms with E-state index in [2.05, 4.69) is 19.9 Å². The number of allylic oxidation sites excluding steroid dienone is 2. The van der Waals surface area contributed by atoms with E-state index in [-0.39, 0.29) is 11.5 Å². The Bertz CT molecular complexity index is 160. The maximum atomic E-state index is 9.43. The molecule has 1 rings (SSSR count). The molecule has 0 bridgehead atoms. The van der Waals surface area contributed by atoms with Crippen LogP contribution >= 0.6 is 0 Å². The fourth-order valence-corrected chi connectivity index (χ4v) is 1.36. The van der Waals surface area contributed by atoms with Crippen molar-refractivity contribution in [3.05, 3.63) is 11.6 Å². The molecule has 0 heterocycles. The van der Waals surface area contributed by atoms with Gasteiger partial charge in [-0.25, -0.2) is 0 Å². The van der Waals surface area contributed by atoms with Gasteiger partial charge in [0.25, 0.3) is 0 Å². The third-order valence-electron chi connectivity index (χ3n) is 2.70. The highest BCUT2D eigenvalue weighted by atomic mass is 16.3. The molecule has 0 amide bonds. The van der Waals surface area contributed by atoms with Gasteiger partial charge in [0, 0.05) is 0 Å². The summed E-state index contributed by atoms with van der Waals surface area (Å²) in [4.78, 5) is 0. The maximum absolute atomic E-state index is 9.43. The van der Waals surface area contributed by atoms with Crippen molar-refractivity contribution in [3.63, 3.8) is 0 Å². The summed E-state index contributed by atoms with van der Waals surface area (Å²) in [6, 6.07) is 0. The highest BCUT2D eigenvalue weighted by Gasteiger charge is 2.45. The van der Waals surface area contributed by atoms with E-state index in [0.717, 1.165) is 6.42 Å². The second kappa shape index (κ2) is 2.98. The van der Waals surface area contributed by atoms with Gasteiger partial charge in [0.2, 0.25) is 0 Å². The van der Waals surface area contributed by atoms with Gasteiger partial charge in [-0.05, 0) is 45.4 Å². The average Bonchev–Trinajstić information content (AvgIpc) is 2.63. The lowest BCUT2D eigenvalue weighted by Crippen LogP contribution is -2.16. The molecule has 1 N–H and O–H groups in total. The van der Waals surface area contributed by atoms with Gasteiger partial charge in [-0.15, -0.1) is 0 Å². The van der Waals surface area contributed by atoms with Gasteiger partial charge in [0.05, 0.1) is 6.10 Å². The summed E-state index contributed by atoms with van der Waals surface area (Å²) < 4.78 is 0. The maximum Gasteiger partial charge on any atom is 0.0571 e. The Kier molecular flexibility index (Phi) is 2.38. The quantitative estimate of drug-likeness (QED) is 0.619. The molecule has 1 nitrogen and oxygen atoms in total. The van der Waals surface area contributed by atoms with Crippen LogP contribution in [0.1, 0.15) is 40.0 Å². The van der Waals surface area contributed by atoms with E-state index in [9.17, 15) is 5.11 Å².